The average Bonchev–Trinajstić information content (AvgIpc) is 2.95. The number of benzene rings is 2. The summed E-state index contributed by atoms with van der Waals surface area (Å²) in [6.45, 7) is 0.516. The van der Waals surface area contributed by atoms with Gasteiger partial charge < -0.3 is 0 Å². The Morgan fingerprint density at radius 2 is 1.74 bits per heavy atom. The summed E-state index contributed by atoms with van der Waals surface area (Å²) in [5, 5.41) is 4.11. The lowest BCUT2D eigenvalue weighted by Gasteiger charge is -2.06. The van der Waals surface area contributed by atoms with Crippen LogP contribution in [0.2, 0.25) is 0 Å². The number of hydrogen-bond donors (Lipinski definition) is 1. The van der Waals surface area contributed by atoms with Crippen molar-refractivity contribution < 1.29 is 12.8 Å². The molecule has 23 heavy (non-hydrogen) atoms. The number of nitrogens with zero attached hydrogens (tertiary/aromatic N) is 2. The van der Waals surface area contributed by atoms with Crippen LogP contribution in [0.15, 0.2) is 71.9 Å². The Morgan fingerprint density at radius 1 is 1.04 bits per heavy atom. The maximum Gasteiger partial charge on any atom is 0.264 e. The van der Waals surface area contributed by atoms with Gasteiger partial charge in [-0.1, -0.05) is 42.5 Å². The van der Waals surface area contributed by atoms with Gasteiger partial charge in [-0.25, -0.2) is 12.8 Å². The summed E-state index contributed by atoms with van der Waals surface area (Å²) in [6, 6.07) is 14.9. The van der Waals surface area contributed by atoms with E-state index in [9.17, 15) is 12.8 Å². The van der Waals surface area contributed by atoms with Crippen LogP contribution in [-0.2, 0) is 16.6 Å². The molecule has 7 heteroatoms. The quantitative estimate of drug-likeness (QED) is 0.782. The summed E-state index contributed by atoms with van der Waals surface area (Å²) >= 11 is 0. The first kappa shape index (κ1) is 15.2. The highest BCUT2D eigenvalue weighted by molar-refractivity contribution is 7.92. The molecule has 0 unspecified atom stereocenters. The molecule has 5 nitrogen and oxygen atoms in total. The van der Waals surface area contributed by atoms with Gasteiger partial charge in [-0.05, 0) is 17.7 Å². The van der Waals surface area contributed by atoms with E-state index in [1.54, 1.807) is 10.9 Å². The standard InChI is InChI=1S/C16H14FN3O2S/c17-15-8-4-5-9-16(15)23(21,22)19-14-10-18-20(12-14)11-13-6-2-1-3-7-13/h1-10,12,19H,11H2. The molecule has 0 atom stereocenters. The number of halogens is 1. The van der Waals surface area contributed by atoms with E-state index in [0.717, 1.165) is 11.6 Å². The van der Waals surface area contributed by atoms with Gasteiger partial charge in [-0.3, -0.25) is 9.40 Å². The van der Waals surface area contributed by atoms with Crippen LogP contribution in [0.5, 0.6) is 0 Å². The second-order valence-electron chi connectivity index (χ2n) is 4.95. The zero-order valence-electron chi connectivity index (χ0n) is 12.1. The third-order valence-corrected chi connectivity index (χ3v) is 4.61. The predicted molar refractivity (Wildman–Crippen MR) is 85.0 cm³/mol. The second kappa shape index (κ2) is 6.21. The van der Waals surface area contributed by atoms with Gasteiger partial charge in [0.15, 0.2) is 0 Å². The Hall–Kier alpha value is -2.67. The zero-order valence-corrected chi connectivity index (χ0v) is 12.9. The normalized spacial score (nSPS) is 11.3. The largest absolute Gasteiger partial charge is 0.276 e. The van der Waals surface area contributed by atoms with E-state index in [2.05, 4.69) is 9.82 Å². The number of sulfonamides is 1. The molecule has 1 aromatic heterocycles. The Balaban J connectivity index is 1.78. The van der Waals surface area contributed by atoms with E-state index in [1.807, 2.05) is 30.3 Å². The van der Waals surface area contributed by atoms with E-state index in [0.29, 0.717) is 6.54 Å². The highest BCUT2D eigenvalue weighted by Gasteiger charge is 2.19. The molecule has 0 bridgehead atoms. The van der Waals surface area contributed by atoms with Crippen molar-refractivity contribution in [1.82, 2.24) is 9.78 Å². The van der Waals surface area contributed by atoms with Crippen molar-refractivity contribution in [3.05, 3.63) is 78.4 Å². The molecule has 2 aromatic carbocycles. The molecule has 0 aliphatic carbocycles. The third kappa shape index (κ3) is 3.57. The van der Waals surface area contributed by atoms with Crippen LogP contribution in [0.3, 0.4) is 0 Å². The van der Waals surface area contributed by atoms with Gasteiger partial charge in [0, 0.05) is 6.20 Å². The predicted octanol–water partition coefficient (Wildman–Crippen LogP) is 2.87. The van der Waals surface area contributed by atoms with E-state index in [4.69, 9.17) is 0 Å². The van der Waals surface area contributed by atoms with E-state index >= 15 is 0 Å². The van der Waals surface area contributed by atoms with Gasteiger partial charge in [-0.2, -0.15) is 5.10 Å². The van der Waals surface area contributed by atoms with Crippen LogP contribution in [0.1, 0.15) is 5.56 Å². The summed E-state index contributed by atoms with van der Waals surface area (Å²) < 4.78 is 42.0. The van der Waals surface area contributed by atoms with Crippen LogP contribution < -0.4 is 4.72 Å². The van der Waals surface area contributed by atoms with E-state index in [-0.39, 0.29) is 5.69 Å². The molecule has 0 radical (unpaired) electrons. The number of nitrogens with one attached hydrogen (secondary N) is 1. The molecule has 0 spiro atoms. The number of aromatic nitrogens is 2. The molecule has 1 N–H and O–H groups in total. The lowest BCUT2D eigenvalue weighted by atomic mass is 10.2. The maximum atomic E-state index is 13.6. The molecule has 118 valence electrons. The van der Waals surface area contributed by atoms with Crippen molar-refractivity contribution >= 4 is 15.7 Å². The first-order valence-electron chi connectivity index (χ1n) is 6.88. The Labute approximate surface area is 133 Å². The van der Waals surface area contributed by atoms with Crippen LogP contribution in [0.4, 0.5) is 10.1 Å². The number of rotatable bonds is 5. The number of anilines is 1. The van der Waals surface area contributed by atoms with Gasteiger partial charge in [0.2, 0.25) is 0 Å². The first-order valence-corrected chi connectivity index (χ1v) is 8.37. The average molecular weight is 331 g/mol. The Bertz CT molecular complexity index is 908. The minimum absolute atomic E-state index is 0.282. The van der Waals surface area contributed by atoms with Gasteiger partial charge in [-0.15, -0.1) is 0 Å². The summed E-state index contributed by atoms with van der Waals surface area (Å²) in [5.74, 6) is -0.795. The van der Waals surface area contributed by atoms with Crippen molar-refractivity contribution in [3.8, 4) is 0 Å². The van der Waals surface area contributed by atoms with Crippen molar-refractivity contribution in [2.45, 2.75) is 11.4 Å². The Morgan fingerprint density at radius 3 is 2.48 bits per heavy atom. The minimum Gasteiger partial charge on any atom is -0.276 e. The lowest BCUT2D eigenvalue weighted by molar-refractivity contribution is 0.570. The smallest absolute Gasteiger partial charge is 0.264 e. The molecule has 3 aromatic rings. The summed E-state index contributed by atoms with van der Waals surface area (Å²) in [6.07, 6.45) is 2.95. The first-order chi connectivity index (χ1) is 11.0. The fraction of sp³-hybridized carbons (Fsp3) is 0.0625. The molecule has 0 saturated carbocycles. The molecule has 0 aliphatic rings. The minimum atomic E-state index is -3.98. The fourth-order valence-corrected chi connectivity index (χ4v) is 3.25. The lowest BCUT2D eigenvalue weighted by Crippen LogP contribution is -2.14. The molecule has 0 aliphatic heterocycles. The highest BCUT2D eigenvalue weighted by Crippen LogP contribution is 2.18. The van der Waals surface area contributed by atoms with Gasteiger partial charge in [0.05, 0.1) is 18.4 Å². The molecule has 1 heterocycles. The van der Waals surface area contributed by atoms with Crippen LogP contribution in [0, 0.1) is 5.82 Å². The fourth-order valence-electron chi connectivity index (χ4n) is 2.15. The molecular weight excluding hydrogens is 317 g/mol. The topological polar surface area (TPSA) is 64.0 Å². The second-order valence-corrected chi connectivity index (χ2v) is 6.60. The van der Waals surface area contributed by atoms with Crippen LogP contribution in [0.25, 0.3) is 0 Å². The molecule has 0 amide bonds. The van der Waals surface area contributed by atoms with Gasteiger partial charge in [0.25, 0.3) is 10.0 Å². The monoisotopic (exact) mass is 331 g/mol. The highest BCUT2D eigenvalue weighted by atomic mass is 32.2. The van der Waals surface area contributed by atoms with Crippen molar-refractivity contribution in [2.75, 3.05) is 4.72 Å². The molecule has 0 fully saturated rings. The van der Waals surface area contributed by atoms with Gasteiger partial charge >= 0.3 is 0 Å². The molecule has 0 saturated heterocycles. The van der Waals surface area contributed by atoms with Gasteiger partial charge in [0.1, 0.15) is 10.7 Å². The summed E-state index contributed by atoms with van der Waals surface area (Å²) in [7, 11) is -3.98. The van der Waals surface area contributed by atoms with E-state index < -0.39 is 20.7 Å². The van der Waals surface area contributed by atoms with Crippen LogP contribution in [-0.4, -0.2) is 18.2 Å². The van der Waals surface area contributed by atoms with E-state index in [1.165, 1.54) is 24.4 Å². The van der Waals surface area contributed by atoms with Crippen molar-refractivity contribution in [1.29, 1.82) is 0 Å². The summed E-state index contributed by atoms with van der Waals surface area (Å²) in [4.78, 5) is -0.393. The third-order valence-electron chi connectivity index (χ3n) is 3.20. The van der Waals surface area contributed by atoms with Crippen LogP contribution >= 0.6 is 0 Å². The molecular formula is C16H14FN3O2S. The summed E-state index contributed by atoms with van der Waals surface area (Å²) in [5.41, 5.74) is 1.32. The maximum absolute atomic E-state index is 13.6. The zero-order chi connectivity index (χ0) is 16.3. The van der Waals surface area contributed by atoms with Crippen molar-refractivity contribution in [3.63, 3.8) is 0 Å². The molecule has 3 rings (SSSR count). The number of hydrogen-bond acceptors (Lipinski definition) is 3. The SMILES string of the molecule is O=S(=O)(Nc1cnn(Cc2ccccc2)c1)c1ccccc1F. The Kier molecular flexibility index (Phi) is 4.12. The van der Waals surface area contributed by atoms with Crippen molar-refractivity contribution in [2.24, 2.45) is 0 Å².